The Hall–Kier alpha value is -2.10. The highest BCUT2D eigenvalue weighted by Gasteiger charge is 2.46. The van der Waals surface area contributed by atoms with E-state index in [9.17, 15) is 18.0 Å². The summed E-state index contributed by atoms with van der Waals surface area (Å²) in [5.41, 5.74) is -0.576. The largest absolute Gasteiger partial charge is 0.444 e. The Balaban J connectivity index is 1.50. The van der Waals surface area contributed by atoms with Gasteiger partial charge in [-0.3, -0.25) is 0 Å². The van der Waals surface area contributed by atoms with Gasteiger partial charge in [-0.2, -0.15) is 13.2 Å². The van der Waals surface area contributed by atoms with Crippen LogP contribution in [0.15, 0.2) is 12.4 Å². The number of thiophene rings is 1. The first-order chi connectivity index (χ1) is 13.9. The molecule has 2 fully saturated rings. The van der Waals surface area contributed by atoms with E-state index in [1.807, 2.05) is 20.8 Å². The molecular weight excluding hydrogens is 417 g/mol. The lowest BCUT2D eigenvalue weighted by atomic mass is 9.86. The second-order valence-corrected chi connectivity index (χ2v) is 10.4. The smallest absolute Gasteiger partial charge is 0.410 e. The van der Waals surface area contributed by atoms with Gasteiger partial charge in [0.25, 0.3) is 0 Å². The number of ether oxygens (including phenoxy) is 1. The van der Waals surface area contributed by atoms with Crippen molar-refractivity contribution in [2.45, 2.75) is 51.8 Å². The number of fused-ring (bicyclic) bond motifs is 1. The molecule has 1 atom stereocenters. The van der Waals surface area contributed by atoms with Gasteiger partial charge in [-0.1, -0.05) is 0 Å². The minimum absolute atomic E-state index is 0.0427. The molecule has 2 saturated heterocycles. The van der Waals surface area contributed by atoms with Crippen molar-refractivity contribution in [2.24, 2.45) is 5.41 Å². The van der Waals surface area contributed by atoms with Crippen LogP contribution in [0.2, 0.25) is 0 Å². The monoisotopic (exact) mass is 442 g/mol. The molecule has 30 heavy (non-hydrogen) atoms. The molecule has 2 aliphatic heterocycles. The van der Waals surface area contributed by atoms with E-state index in [-0.39, 0.29) is 16.4 Å². The average Bonchev–Trinajstić information content (AvgIpc) is 3.30. The maximum Gasteiger partial charge on any atom is 0.410 e. The molecule has 10 heteroatoms. The molecule has 0 saturated carbocycles. The maximum atomic E-state index is 12.8. The molecule has 2 aromatic rings. The lowest BCUT2D eigenvalue weighted by molar-refractivity contribution is -0.126. The number of rotatable bonds is 2. The number of aromatic nitrogens is 2. The Kier molecular flexibility index (Phi) is 5.11. The van der Waals surface area contributed by atoms with Crippen LogP contribution in [0.25, 0.3) is 10.2 Å². The fraction of sp³-hybridized carbons (Fsp3) is 0.650. The molecule has 2 aliphatic rings. The maximum absolute atomic E-state index is 12.8. The molecule has 2 aromatic heterocycles. The number of anilines is 1. The molecule has 0 unspecified atom stereocenters. The van der Waals surface area contributed by atoms with E-state index in [0.29, 0.717) is 35.7 Å². The van der Waals surface area contributed by atoms with Crippen LogP contribution in [-0.2, 0) is 11.2 Å². The number of amides is 1. The summed E-state index contributed by atoms with van der Waals surface area (Å²) in [6.07, 6.45) is -2.31. The van der Waals surface area contributed by atoms with Gasteiger partial charge in [0, 0.05) is 36.5 Å². The molecule has 0 aliphatic carbocycles. The SMILES string of the molecule is CC(C)(C)OC(=O)N1CC[C@@]2(CCN(c3ncnc4sc(CC(F)(F)F)cc34)C2)C1. The molecule has 1 amide bonds. The lowest BCUT2D eigenvalue weighted by Gasteiger charge is -2.27. The van der Waals surface area contributed by atoms with Gasteiger partial charge in [-0.15, -0.1) is 11.3 Å². The normalized spacial score (nSPS) is 22.5. The van der Waals surface area contributed by atoms with Gasteiger partial charge in [-0.05, 0) is 39.7 Å². The molecule has 4 heterocycles. The third-order valence-electron chi connectivity index (χ3n) is 5.56. The quantitative estimate of drug-likeness (QED) is 0.679. The fourth-order valence-electron chi connectivity index (χ4n) is 4.30. The number of hydrogen-bond acceptors (Lipinski definition) is 6. The first kappa shape index (κ1) is 21.1. The summed E-state index contributed by atoms with van der Waals surface area (Å²) in [5, 5.41) is 0.667. The van der Waals surface area contributed by atoms with Crippen molar-refractivity contribution in [2.75, 3.05) is 31.1 Å². The number of likely N-dealkylation sites (tertiary alicyclic amines) is 1. The number of hydrogen-bond donors (Lipinski definition) is 0. The van der Waals surface area contributed by atoms with E-state index in [2.05, 4.69) is 14.9 Å². The van der Waals surface area contributed by atoms with Gasteiger partial charge in [0.1, 0.15) is 22.6 Å². The summed E-state index contributed by atoms with van der Waals surface area (Å²) in [5.74, 6) is 0.678. The minimum atomic E-state index is -4.25. The number of carbonyl (C=O) groups is 1. The summed E-state index contributed by atoms with van der Waals surface area (Å²) >= 11 is 1.06. The van der Waals surface area contributed by atoms with Crippen molar-refractivity contribution < 1.29 is 22.7 Å². The highest BCUT2D eigenvalue weighted by atomic mass is 32.1. The molecular formula is C20H25F3N4O2S. The topological polar surface area (TPSA) is 58.6 Å². The standard InChI is InChI=1S/C20H25F3N4O2S/c1-18(2,3)29-17(28)27-7-5-19(11-27)4-6-26(10-19)15-14-8-13(9-20(21,22)23)30-16(14)25-12-24-15/h8,12H,4-7,9-11H2,1-3H3/t19-/m1/s1. The van der Waals surface area contributed by atoms with Gasteiger partial charge < -0.3 is 14.5 Å². The van der Waals surface area contributed by atoms with Gasteiger partial charge in [0.2, 0.25) is 0 Å². The van der Waals surface area contributed by atoms with Gasteiger partial charge >= 0.3 is 12.3 Å². The van der Waals surface area contributed by atoms with Crippen molar-refractivity contribution in [1.82, 2.24) is 14.9 Å². The summed E-state index contributed by atoms with van der Waals surface area (Å²) < 4.78 is 43.9. The number of alkyl halides is 3. The molecule has 0 aromatic carbocycles. The van der Waals surface area contributed by atoms with Crippen molar-refractivity contribution >= 4 is 33.5 Å². The zero-order chi connectivity index (χ0) is 21.7. The third-order valence-corrected chi connectivity index (χ3v) is 6.61. The second-order valence-electron chi connectivity index (χ2n) is 9.24. The van der Waals surface area contributed by atoms with E-state index in [4.69, 9.17) is 4.74 Å². The third kappa shape index (κ3) is 4.48. The fourth-order valence-corrected chi connectivity index (χ4v) is 5.32. The predicted molar refractivity (Wildman–Crippen MR) is 109 cm³/mol. The van der Waals surface area contributed by atoms with Crippen LogP contribution >= 0.6 is 11.3 Å². The van der Waals surface area contributed by atoms with Gasteiger partial charge in [0.15, 0.2) is 0 Å². The molecule has 0 N–H and O–H groups in total. The van der Waals surface area contributed by atoms with Gasteiger partial charge in [-0.25, -0.2) is 14.8 Å². The number of carbonyl (C=O) groups excluding carboxylic acids is 1. The first-order valence-electron chi connectivity index (χ1n) is 9.96. The Morgan fingerprint density at radius 2 is 1.93 bits per heavy atom. The van der Waals surface area contributed by atoms with Crippen molar-refractivity contribution in [3.05, 3.63) is 17.3 Å². The molecule has 0 bridgehead atoms. The summed E-state index contributed by atoms with van der Waals surface area (Å²) in [4.78, 5) is 25.7. The van der Waals surface area contributed by atoms with E-state index in [1.54, 1.807) is 11.0 Å². The molecule has 6 nitrogen and oxygen atoms in total. The number of halogens is 3. The zero-order valence-corrected chi connectivity index (χ0v) is 18.1. The van der Waals surface area contributed by atoms with Gasteiger partial charge in [0.05, 0.1) is 11.8 Å². The van der Waals surface area contributed by atoms with Crippen LogP contribution in [0.4, 0.5) is 23.8 Å². The van der Waals surface area contributed by atoms with Crippen molar-refractivity contribution in [3.8, 4) is 0 Å². The molecule has 1 spiro atoms. The Morgan fingerprint density at radius 1 is 1.20 bits per heavy atom. The van der Waals surface area contributed by atoms with Crippen LogP contribution in [0, 0.1) is 5.41 Å². The Labute approximate surface area is 177 Å². The second kappa shape index (κ2) is 7.25. The zero-order valence-electron chi connectivity index (χ0n) is 17.3. The highest BCUT2D eigenvalue weighted by molar-refractivity contribution is 7.18. The van der Waals surface area contributed by atoms with E-state index < -0.39 is 18.2 Å². The summed E-state index contributed by atoms with van der Waals surface area (Å²) in [6.45, 7) is 8.28. The Bertz CT molecular complexity index is 956. The molecule has 164 valence electrons. The Morgan fingerprint density at radius 3 is 2.63 bits per heavy atom. The van der Waals surface area contributed by atoms with Crippen molar-refractivity contribution in [1.29, 1.82) is 0 Å². The average molecular weight is 443 g/mol. The van der Waals surface area contributed by atoms with E-state index in [1.165, 1.54) is 6.33 Å². The predicted octanol–water partition coefficient (Wildman–Crippen LogP) is 4.63. The van der Waals surface area contributed by atoms with E-state index in [0.717, 1.165) is 30.7 Å². The van der Waals surface area contributed by atoms with Crippen LogP contribution in [0.5, 0.6) is 0 Å². The molecule has 0 radical (unpaired) electrons. The number of nitrogens with zero attached hydrogens (tertiary/aromatic N) is 4. The van der Waals surface area contributed by atoms with Crippen LogP contribution in [0.3, 0.4) is 0 Å². The highest BCUT2D eigenvalue weighted by Crippen LogP contribution is 2.43. The van der Waals surface area contributed by atoms with Crippen LogP contribution < -0.4 is 4.90 Å². The van der Waals surface area contributed by atoms with Crippen LogP contribution in [0.1, 0.15) is 38.5 Å². The van der Waals surface area contributed by atoms with E-state index >= 15 is 0 Å². The molecule has 4 rings (SSSR count). The summed E-state index contributed by atoms with van der Waals surface area (Å²) in [6, 6.07) is 1.56. The van der Waals surface area contributed by atoms with Crippen molar-refractivity contribution in [3.63, 3.8) is 0 Å². The minimum Gasteiger partial charge on any atom is -0.444 e. The lowest BCUT2D eigenvalue weighted by Crippen LogP contribution is -2.37. The van der Waals surface area contributed by atoms with Crippen LogP contribution in [-0.4, -0.2) is 58.9 Å². The first-order valence-corrected chi connectivity index (χ1v) is 10.8. The summed E-state index contributed by atoms with van der Waals surface area (Å²) in [7, 11) is 0.